The van der Waals surface area contributed by atoms with Gasteiger partial charge in [0.1, 0.15) is 0 Å². The number of sulfonamides is 1. The van der Waals surface area contributed by atoms with Crippen LogP contribution in [-0.2, 0) is 10.0 Å². The molecule has 2 aromatic carbocycles. The van der Waals surface area contributed by atoms with Gasteiger partial charge in [-0.3, -0.25) is 4.79 Å². The first-order chi connectivity index (χ1) is 13.1. The van der Waals surface area contributed by atoms with Crippen LogP contribution in [-0.4, -0.2) is 31.7 Å². The fourth-order valence-electron chi connectivity index (χ4n) is 3.53. The maximum atomic E-state index is 12.8. The molecule has 0 aliphatic heterocycles. The van der Waals surface area contributed by atoms with Gasteiger partial charge in [-0.25, -0.2) is 8.42 Å². The molecule has 0 aliphatic rings. The van der Waals surface area contributed by atoms with E-state index in [9.17, 15) is 13.2 Å². The third-order valence-electron chi connectivity index (χ3n) is 4.97. The zero-order valence-corrected chi connectivity index (χ0v) is 18.4. The van der Waals surface area contributed by atoms with Gasteiger partial charge in [-0.15, -0.1) is 0 Å². The highest BCUT2D eigenvalue weighted by atomic mass is 32.2. The molecule has 0 spiro atoms. The van der Waals surface area contributed by atoms with Crippen LogP contribution in [0, 0.1) is 20.8 Å². The van der Waals surface area contributed by atoms with E-state index < -0.39 is 10.0 Å². The van der Waals surface area contributed by atoms with Gasteiger partial charge in [0.05, 0.1) is 10.9 Å². The van der Waals surface area contributed by atoms with Gasteiger partial charge >= 0.3 is 0 Å². The van der Waals surface area contributed by atoms with Crippen molar-refractivity contribution in [3.63, 3.8) is 0 Å². The molecule has 0 fully saturated rings. The van der Waals surface area contributed by atoms with Crippen LogP contribution in [0.5, 0.6) is 0 Å². The van der Waals surface area contributed by atoms with E-state index in [4.69, 9.17) is 0 Å². The van der Waals surface area contributed by atoms with Gasteiger partial charge in [-0.2, -0.15) is 4.31 Å². The van der Waals surface area contributed by atoms with Crippen LogP contribution in [0.15, 0.2) is 41.3 Å². The molecule has 2 rings (SSSR count). The van der Waals surface area contributed by atoms with E-state index in [0.717, 1.165) is 22.3 Å². The van der Waals surface area contributed by atoms with Crippen molar-refractivity contribution >= 4 is 15.9 Å². The normalized spacial score (nSPS) is 12.8. The molecule has 6 heteroatoms. The number of aryl methyl sites for hydroxylation is 3. The Bertz CT molecular complexity index is 923. The highest BCUT2D eigenvalue weighted by Crippen LogP contribution is 2.21. The van der Waals surface area contributed by atoms with E-state index in [1.165, 1.54) is 4.31 Å². The Kier molecular flexibility index (Phi) is 7.01. The van der Waals surface area contributed by atoms with Crippen molar-refractivity contribution in [1.29, 1.82) is 0 Å². The van der Waals surface area contributed by atoms with Gasteiger partial charge in [-0.05, 0) is 56.5 Å². The molecule has 28 heavy (non-hydrogen) atoms. The number of carbonyl (C=O) groups excluding carboxylic acids is 1. The number of carbonyl (C=O) groups is 1. The monoisotopic (exact) mass is 402 g/mol. The largest absolute Gasteiger partial charge is 0.346 e. The molecule has 1 amide bonds. The number of benzene rings is 2. The first-order valence-corrected chi connectivity index (χ1v) is 11.0. The zero-order chi connectivity index (χ0) is 21.1. The number of nitrogens with zero attached hydrogens (tertiary/aromatic N) is 1. The third-order valence-corrected chi connectivity index (χ3v) is 7.04. The average Bonchev–Trinajstić information content (AvgIpc) is 2.61. The Balaban J connectivity index is 2.20. The third kappa shape index (κ3) is 4.62. The first kappa shape index (κ1) is 22.1. The number of rotatable bonds is 7. The Hall–Kier alpha value is -2.18. The summed E-state index contributed by atoms with van der Waals surface area (Å²) in [6.45, 7) is 12.3. The predicted octanol–water partition coefficient (Wildman–Crippen LogP) is 4.13. The summed E-state index contributed by atoms with van der Waals surface area (Å²) in [7, 11) is -3.48. The topological polar surface area (TPSA) is 66.5 Å². The van der Waals surface area contributed by atoms with E-state index in [-0.39, 0.29) is 16.8 Å². The SMILES string of the molecule is CCN(CC)S(=O)(=O)c1ccc(C(C)NC(=O)c2c(C)cc(C)cc2C)cc1. The summed E-state index contributed by atoms with van der Waals surface area (Å²) in [4.78, 5) is 13.0. The summed E-state index contributed by atoms with van der Waals surface area (Å²) in [6, 6.07) is 10.5. The van der Waals surface area contributed by atoms with Crippen molar-refractivity contribution < 1.29 is 13.2 Å². The minimum absolute atomic E-state index is 0.123. The van der Waals surface area contributed by atoms with Gasteiger partial charge in [0.25, 0.3) is 5.91 Å². The summed E-state index contributed by atoms with van der Waals surface area (Å²) in [5, 5.41) is 3.02. The number of hydrogen-bond donors (Lipinski definition) is 1. The van der Waals surface area contributed by atoms with Crippen molar-refractivity contribution in [1.82, 2.24) is 9.62 Å². The van der Waals surface area contributed by atoms with Crippen molar-refractivity contribution in [2.75, 3.05) is 13.1 Å². The molecular weight excluding hydrogens is 372 g/mol. The Morgan fingerprint density at radius 3 is 1.96 bits per heavy atom. The van der Waals surface area contributed by atoms with Crippen LogP contribution in [0.1, 0.15) is 59.4 Å². The highest BCUT2D eigenvalue weighted by molar-refractivity contribution is 7.89. The van der Waals surface area contributed by atoms with E-state index in [1.54, 1.807) is 24.3 Å². The second-order valence-corrected chi connectivity index (χ2v) is 9.07. The molecule has 0 saturated carbocycles. The number of nitrogens with one attached hydrogen (secondary N) is 1. The molecule has 0 saturated heterocycles. The van der Waals surface area contributed by atoms with Crippen molar-refractivity contribution in [2.24, 2.45) is 0 Å². The summed E-state index contributed by atoms with van der Waals surface area (Å²) >= 11 is 0. The smallest absolute Gasteiger partial charge is 0.252 e. The van der Waals surface area contributed by atoms with Crippen LogP contribution in [0.2, 0.25) is 0 Å². The van der Waals surface area contributed by atoms with Crippen LogP contribution in [0.4, 0.5) is 0 Å². The van der Waals surface area contributed by atoms with Crippen molar-refractivity contribution in [3.8, 4) is 0 Å². The molecule has 0 aromatic heterocycles. The average molecular weight is 403 g/mol. The fraction of sp³-hybridized carbons (Fsp3) is 0.409. The minimum atomic E-state index is -3.48. The molecule has 0 bridgehead atoms. The van der Waals surface area contributed by atoms with Crippen LogP contribution >= 0.6 is 0 Å². The maximum Gasteiger partial charge on any atom is 0.252 e. The predicted molar refractivity (Wildman–Crippen MR) is 113 cm³/mol. The summed E-state index contributed by atoms with van der Waals surface area (Å²) < 4.78 is 26.6. The lowest BCUT2D eigenvalue weighted by molar-refractivity contribution is 0.0938. The quantitative estimate of drug-likeness (QED) is 0.757. The first-order valence-electron chi connectivity index (χ1n) is 9.60. The van der Waals surface area contributed by atoms with Crippen LogP contribution in [0.3, 0.4) is 0 Å². The van der Waals surface area contributed by atoms with Crippen LogP contribution in [0.25, 0.3) is 0 Å². The molecule has 2 aromatic rings. The molecule has 0 heterocycles. The van der Waals surface area contributed by atoms with Gasteiger partial charge < -0.3 is 5.32 Å². The van der Waals surface area contributed by atoms with E-state index in [2.05, 4.69) is 5.32 Å². The molecule has 1 atom stereocenters. The van der Waals surface area contributed by atoms with Gasteiger partial charge in [0.2, 0.25) is 10.0 Å². The second-order valence-electron chi connectivity index (χ2n) is 7.13. The minimum Gasteiger partial charge on any atom is -0.346 e. The van der Waals surface area contributed by atoms with E-state index >= 15 is 0 Å². The standard InChI is InChI=1S/C22H30N2O3S/c1-7-24(8-2)28(26,27)20-11-9-19(10-12-20)18(6)23-22(25)21-16(4)13-15(3)14-17(21)5/h9-14,18H,7-8H2,1-6H3,(H,23,25). The molecule has 152 valence electrons. The summed E-state index contributed by atoms with van der Waals surface area (Å²) in [6.07, 6.45) is 0. The Labute approximate surface area is 168 Å². The van der Waals surface area contributed by atoms with Gasteiger partial charge in [0, 0.05) is 18.7 Å². The molecular formula is C22H30N2O3S. The van der Waals surface area contributed by atoms with E-state index in [1.807, 2.05) is 53.7 Å². The Morgan fingerprint density at radius 2 is 1.50 bits per heavy atom. The Morgan fingerprint density at radius 1 is 1.00 bits per heavy atom. The lowest BCUT2D eigenvalue weighted by Crippen LogP contribution is -2.30. The summed E-state index contributed by atoms with van der Waals surface area (Å²) in [5.74, 6) is -0.123. The lowest BCUT2D eigenvalue weighted by Gasteiger charge is -2.20. The molecule has 5 nitrogen and oxygen atoms in total. The molecule has 1 N–H and O–H groups in total. The van der Waals surface area contributed by atoms with Crippen molar-refractivity contribution in [2.45, 2.75) is 52.5 Å². The number of amides is 1. The van der Waals surface area contributed by atoms with Crippen molar-refractivity contribution in [3.05, 3.63) is 64.2 Å². The lowest BCUT2D eigenvalue weighted by atomic mass is 9.98. The fourth-order valence-corrected chi connectivity index (χ4v) is 4.99. The highest BCUT2D eigenvalue weighted by Gasteiger charge is 2.22. The van der Waals surface area contributed by atoms with Gasteiger partial charge in [-0.1, -0.05) is 43.7 Å². The van der Waals surface area contributed by atoms with Crippen LogP contribution < -0.4 is 5.32 Å². The molecule has 0 radical (unpaired) electrons. The van der Waals surface area contributed by atoms with Gasteiger partial charge in [0.15, 0.2) is 0 Å². The molecule has 0 aliphatic carbocycles. The second kappa shape index (κ2) is 8.88. The summed E-state index contributed by atoms with van der Waals surface area (Å²) in [5.41, 5.74) is 4.57. The zero-order valence-electron chi connectivity index (χ0n) is 17.5. The maximum absolute atomic E-state index is 12.8. The van der Waals surface area contributed by atoms with E-state index in [0.29, 0.717) is 18.7 Å². The number of hydrogen-bond acceptors (Lipinski definition) is 3. The molecule has 1 unspecified atom stereocenters.